The lowest BCUT2D eigenvalue weighted by atomic mass is 10.3. The van der Waals surface area contributed by atoms with Gasteiger partial charge in [-0.3, -0.25) is 19.5 Å². The quantitative estimate of drug-likeness (QED) is 0.415. The third kappa shape index (κ3) is 7.91. The van der Waals surface area contributed by atoms with E-state index in [9.17, 15) is 13.2 Å². The molecule has 1 aliphatic heterocycles. The van der Waals surface area contributed by atoms with Crippen LogP contribution in [0.1, 0.15) is 48.1 Å². The Hall–Kier alpha value is -3.16. The first-order valence-electron chi connectivity index (χ1n) is 12.2. The average Bonchev–Trinajstić information content (AvgIpc) is 3.45. The van der Waals surface area contributed by atoms with E-state index in [4.69, 9.17) is 4.74 Å². The lowest BCUT2D eigenvalue weighted by Gasteiger charge is -2.08. The Morgan fingerprint density at radius 2 is 1.97 bits per heavy atom. The number of carbonyl (C=O) groups is 1. The van der Waals surface area contributed by atoms with E-state index in [2.05, 4.69) is 41.9 Å². The molecule has 0 atom stereocenters. The van der Waals surface area contributed by atoms with E-state index in [1.807, 2.05) is 6.92 Å². The van der Waals surface area contributed by atoms with Gasteiger partial charge in [0.15, 0.2) is 5.01 Å². The summed E-state index contributed by atoms with van der Waals surface area (Å²) < 4.78 is 32.1. The van der Waals surface area contributed by atoms with E-state index in [0.29, 0.717) is 47.3 Å². The first-order chi connectivity index (χ1) is 17.8. The maximum atomic E-state index is 12.5. The molecule has 198 valence electrons. The highest BCUT2D eigenvalue weighted by molar-refractivity contribution is 7.93. The molecule has 2 fully saturated rings. The van der Waals surface area contributed by atoms with Gasteiger partial charge in [0.05, 0.1) is 47.1 Å². The molecular weight excluding hydrogens is 514 g/mol. The number of amides is 1. The highest BCUT2D eigenvalue weighted by Crippen LogP contribution is 2.29. The van der Waals surface area contributed by atoms with E-state index in [1.165, 1.54) is 49.7 Å². The lowest BCUT2D eigenvalue weighted by molar-refractivity contribution is 0.0950. The molecule has 1 saturated heterocycles. The predicted molar refractivity (Wildman–Crippen MR) is 142 cm³/mol. The summed E-state index contributed by atoms with van der Waals surface area (Å²) in [6.07, 6.45) is 10.3. The number of thiazole rings is 1. The Morgan fingerprint density at radius 3 is 2.65 bits per heavy atom. The van der Waals surface area contributed by atoms with Crippen LogP contribution >= 0.6 is 11.3 Å². The van der Waals surface area contributed by atoms with Crippen molar-refractivity contribution in [3.8, 4) is 16.5 Å². The molecule has 5 rings (SSSR count). The monoisotopic (exact) mass is 545 g/mol. The van der Waals surface area contributed by atoms with Gasteiger partial charge in [-0.25, -0.2) is 18.4 Å². The van der Waals surface area contributed by atoms with Crippen LogP contribution in [0.25, 0.3) is 10.6 Å². The summed E-state index contributed by atoms with van der Waals surface area (Å²) in [5.74, 6) is 0.0404. The maximum absolute atomic E-state index is 12.5. The summed E-state index contributed by atoms with van der Waals surface area (Å²) >= 11 is 1.18. The SMILES string of the molecule is CCOc1cncc(-c2cnc(C(=O)NCc3cc(NS(=O)(=O)C4CC4)ccn3)s2)n1.CN1CCCC1. The van der Waals surface area contributed by atoms with E-state index in [-0.39, 0.29) is 22.7 Å². The summed E-state index contributed by atoms with van der Waals surface area (Å²) in [5.41, 5.74) is 1.52. The summed E-state index contributed by atoms with van der Waals surface area (Å²) in [4.78, 5) is 32.3. The third-order valence-corrected chi connectivity index (χ3v) is 8.54. The minimum absolute atomic E-state index is 0.131. The third-order valence-electron chi connectivity index (χ3n) is 5.66. The molecule has 2 aliphatic rings. The first-order valence-corrected chi connectivity index (χ1v) is 14.5. The standard InChI is InChI=1S/C19H20N6O4S2.C5H11N/c1-2-29-17-11-20-9-15(24-17)16-10-23-19(30-16)18(26)22-8-13-7-12(5-6-21-13)25-31(27,28)14-3-4-14;1-6-4-2-3-5-6/h5-7,9-11,14H,2-4,8H2,1H3,(H,21,25)(H,22,26);2-5H2,1H3. The normalized spacial score (nSPS) is 15.5. The number of nitrogens with one attached hydrogen (secondary N) is 2. The van der Waals surface area contributed by atoms with Crippen molar-refractivity contribution in [2.45, 2.75) is 44.4 Å². The maximum Gasteiger partial charge on any atom is 0.280 e. The number of nitrogens with zero attached hydrogens (tertiary/aromatic N) is 5. The molecule has 13 heteroatoms. The van der Waals surface area contributed by atoms with Gasteiger partial charge in [-0.15, -0.1) is 11.3 Å². The Labute approximate surface area is 220 Å². The fraction of sp³-hybridized carbons (Fsp3) is 0.458. The smallest absolute Gasteiger partial charge is 0.280 e. The van der Waals surface area contributed by atoms with Gasteiger partial charge >= 0.3 is 0 Å². The van der Waals surface area contributed by atoms with Crippen LogP contribution in [0.15, 0.2) is 36.9 Å². The highest BCUT2D eigenvalue weighted by atomic mass is 32.2. The second-order valence-electron chi connectivity index (χ2n) is 8.78. The number of hydrogen-bond acceptors (Lipinski definition) is 10. The molecule has 2 N–H and O–H groups in total. The molecule has 4 heterocycles. The number of rotatable bonds is 9. The number of hydrogen-bond donors (Lipinski definition) is 2. The Balaban J connectivity index is 0.000000469. The number of carbonyl (C=O) groups excluding carboxylic acids is 1. The average molecular weight is 546 g/mol. The van der Waals surface area contributed by atoms with E-state index < -0.39 is 10.0 Å². The van der Waals surface area contributed by atoms with E-state index in [0.717, 1.165) is 0 Å². The molecule has 0 spiro atoms. The lowest BCUT2D eigenvalue weighted by Crippen LogP contribution is -2.23. The summed E-state index contributed by atoms with van der Waals surface area (Å²) in [6.45, 7) is 5.11. The van der Waals surface area contributed by atoms with Crippen molar-refractivity contribution in [3.05, 3.63) is 47.6 Å². The number of likely N-dealkylation sites (tertiary alicyclic amines) is 1. The zero-order valence-corrected chi connectivity index (χ0v) is 22.5. The van der Waals surface area contributed by atoms with Crippen molar-refractivity contribution < 1.29 is 17.9 Å². The number of anilines is 1. The van der Waals surface area contributed by atoms with Gasteiger partial charge in [0.2, 0.25) is 15.9 Å². The molecule has 1 aliphatic carbocycles. The molecule has 3 aromatic rings. The molecule has 3 aromatic heterocycles. The largest absolute Gasteiger partial charge is 0.477 e. The molecular formula is C24H31N7O4S2. The van der Waals surface area contributed by atoms with Crippen LogP contribution in [0.2, 0.25) is 0 Å². The van der Waals surface area contributed by atoms with Crippen LogP contribution < -0.4 is 14.8 Å². The summed E-state index contributed by atoms with van der Waals surface area (Å²) in [7, 11) is -1.18. The summed E-state index contributed by atoms with van der Waals surface area (Å²) in [6, 6.07) is 3.18. The highest BCUT2D eigenvalue weighted by Gasteiger charge is 2.35. The van der Waals surface area contributed by atoms with Crippen LogP contribution in [-0.2, 0) is 16.6 Å². The van der Waals surface area contributed by atoms with Gasteiger partial charge in [0.1, 0.15) is 5.69 Å². The Morgan fingerprint density at radius 1 is 1.19 bits per heavy atom. The fourth-order valence-corrected chi connectivity index (χ4v) is 5.73. The van der Waals surface area contributed by atoms with Gasteiger partial charge in [0, 0.05) is 12.4 Å². The van der Waals surface area contributed by atoms with Crippen molar-refractivity contribution >= 4 is 33.0 Å². The van der Waals surface area contributed by atoms with E-state index >= 15 is 0 Å². The Kier molecular flexibility index (Phi) is 9.00. The van der Waals surface area contributed by atoms with Gasteiger partial charge in [-0.05, 0) is 64.9 Å². The van der Waals surface area contributed by atoms with Gasteiger partial charge in [-0.1, -0.05) is 0 Å². The molecule has 37 heavy (non-hydrogen) atoms. The van der Waals surface area contributed by atoms with Crippen LogP contribution in [-0.4, -0.2) is 71.2 Å². The van der Waals surface area contributed by atoms with Gasteiger partial charge in [0.25, 0.3) is 5.91 Å². The zero-order chi connectivity index (χ0) is 26.3. The molecule has 0 bridgehead atoms. The Bertz CT molecular complexity index is 1310. The minimum atomic E-state index is -3.36. The summed E-state index contributed by atoms with van der Waals surface area (Å²) in [5, 5.41) is 2.70. The van der Waals surface area contributed by atoms with Crippen LogP contribution in [0.5, 0.6) is 5.88 Å². The van der Waals surface area contributed by atoms with Crippen molar-refractivity contribution in [2.75, 3.05) is 31.5 Å². The zero-order valence-electron chi connectivity index (χ0n) is 20.9. The van der Waals surface area contributed by atoms with Crippen molar-refractivity contribution in [1.82, 2.24) is 30.2 Å². The number of ether oxygens (including phenoxy) is 1. The fourth-order valence-electron chi connectivity index (χ4n) is 3.57. The van der Waals surface area contributed by atoms with E-state index in [1.54, 1.807) is 24.5 Å². The van der Waals surface area contributed by atoms with Crippen molar-refractivity contribution in [1.29, 1.82) is 0 Å². The van der Waals surface area contributed by atoms with Gasteiger partial charge in [-0.2, -0.15) is 0 Å². The molecule has 11 nitrogen and oxygen atoms in total. The van der Waals surface area contributed by atoms with Gasteiger partial charge < -0.3 is 15.0 Å². The topological polar surface area (TPSA) is 139 Å². The number of sulfonamides is 1. The molecule has 0 aromatic carbocycles. The van der Waals surface area contributed by atoms with Crippen LogP contribution in [0.3, 0.4) is 0 Å². The molecule has 0 unspecified atom stereocenters. The second kappa shape index (κ2) is 12.4. The van der Waals surface area contributed by atoms with Crippen LogP contribution in [0.4, 0.5) is 5.69 Å². The predicted octanol–water partition coefficient (Wildman–Crippen LogP) is 2.94. The number of aromatic nitrogens is 4. The van der Waals surface area contributed by atoms with Crippen molar-refractivity contribution in [2.24, 2.45) is 0 Å². The first kappa shape index (κ1) is 26.9. The van der Waals surface area contributed by atoms with Crippen LogP contribution in [0, 0.1) is 0 Å². The van der Waals surface area contributed by atoms with Crippen molar-refractivity contribution in [3.63, 3.8) is 0 Å². The molecule has 0 radical (unpaired) electrons. The second-order valence-corrected chi connectivity index (χ2v) is 11.8. The number of pyridine rings is 1. The minimum Gasteiger partial charge on any atom is -0.477 e. The molecule has 1 saturated carbocycles. The molecule has 1 amide bonds.